The molecule has 1 aliphatic rings. The van der Waals surface area contributed by atoms with Gasteiger partial charge in [0.1, 0.15) is 12.2 Å². The van der Waals surface area contributed by atoms with Crippen molar-refractivity contribution in [3.8, 4) is 0 Å². The molecule has 1 aromatic heterocycles. The van der Waals surface area contributed by atoms with Gasteiger partial charge in [-0.2, -0.15) is 0 Å². The van der Waals surface area contributed by atoms with E-state index in [4.69, 9.17) is 5.73 Å². The minimum absolute atomic E-state index is 0.352. The molecule has 5 heteroatoms. The lowest BCUT2D eigenvalue weighted by Gasteiger charge is -2.27. The van der Waals surface area contributed by atoms with Crippen LogP contribution in [0.1, 0.15) is 32.0 Å². The number of hydrogen-bond acceptors (Lipinski definition) is 4. The van der Waals surface area contributed by atoms with Crippen molar-refractivity contribution in [1.82, 2.24) is 19.7 Å². The maximum Gasteiger partial charge on any atom is 0.147 e. The van der Waals surface area contributed by atoms with Crippen LogP contribution in [0.3, 0.4) is 0 Å². The van der Waals surface area contributed by atoms with E-state index < -0.39 is 0 Å². The van der Waals surface area contributed by atoms with Crippen LogP contribution in [-0.4, -0.2) is 38.8 Å². The normalized spacial score (nSPS) is 18.4. The zero-order valence-corrected chi connectivity index (χ0v) is 9.97. The molecule has 2 heterocycles. The van der Waals surface area contributed by atoms with Crippen LogP contribution >= 0.6 is 0 Å². The highest BCUT2D eigenvalue weighted by atomic mass is 15.3. The lowest BCUT2D eigenvalue weighted by molar-refractivity contribution is 0.208. The van der Waals surface area contributed by atoms with E-state index in [1.165, 1.54) is 6.42 Å². The van der Waals surface area contributed by atoms with Gasteiger partial charge in [-0.25, -0.2) is 0 Å². The molecule has 90 valence electrons. The number of nitrogens with zero attached hydrogens (tertiary/aromatic N) is 4. The highest BCUT2D eigenvalue weighted by Crippen LogP contribution is 2.10. The second-order valence-corrected chi connectivity index (χ2v) is 4.55. The molecule has 0 aromatic carbocycles. The van der Waals surface area contributed by atoms with Gasteiger partial charge in [0.2, 0.25) is 0 Å². The third-order valence-corrected chi connectivity index (χ3v) is 3.19. The van der Waals surface area contributed by atoms with Gasteiger partial charge in [-0.1, -0.05) is 13.3 Å². The predicted octanol–water partition coefficient (Wildman–Crippen LogP) is 0.611. The second-order valence-electron chi connectivity index (χ2n) is 4.55. The average molecular weight is 223 g/mol. The van der Waals surface area contributed by atoms with Crippen molar-refractivity contribution < 1.29 is 0 Å². The fraction of sp³-hybridized carbons (Fsp3) is 0.818. The van der Waals surface area contributed by atoms with Crippen molar-refractivity contribution in [1.29, 1.82) is 0 Å². The summed E-state index contributed by atoms with van der Waals surface area (Å²) in [6.45, 7) is 6.27. The van der Waals surface area contributed by atoms with E-state index in [1.807, 2.05) is 6.33 Å². The van der Waals surface area contributed by atoms with E-state index in [2.05, 4.69) is 26.6 Å². The van der Waals surface area contributed by atoms with Crippen molar-refractivity contribution in [2.75, 3.05) is 13.1 Å². The predicted molar refractivity (Wildman–Crippen MR) is 62.8 cm³/mol. The molecule has 1 atom stereocenters. The smallest absolute Gasteiger partial charge is 0.147 e. The molecule has 0 bridgehead atoms. The number of hydrogen-bond donors (Lipinski definition) is 1. The summed E-state index contributed by atoms with van der Waals surface area (Å²) >= 11 is 0. The molecule has 0 saturated heterocycles. The molecule has 2 rings (SSSR count). The van der Waals surface area contributed by atoms with Gasteiger partial charge in [-0.3, -0.25) is 4.90 Å². The van der Waals surface area contributed by atoms with Crippen LogP contribution < -0.4 is 5.73 Å². The highest BCUT2D eigenvalue weighted by molar-refractivity contribution is 4.89. The van der Waals surface area contributed by atoms with Crippen molar-refractivity contribution in [2.45, 2.75) is 45.3 Å². The van der Waals surface area contributed by atoms with Crippen LogP contribution in [0.4, 0.5) is 0 Å². The molecule has 0 aliphatic carbocycles. The molecule has 1 aromatic rings. The third-order valence-electron chi connectivity index (χ3n) is 3.19. The average Bonchev–Trinajstić information content (AvgIpc) is 2.74. The van der Waals surface area contributed by atoms with Crippen LogP contribution in [0.2, 0.25) is 0 Å². The van der Waals surface area contributed by atoms with E-state index >= 15 is 0 Å². The number of aromatic nitrogens is 3. The van der Waals surface area contributed by atoms with Gasteiger partial charge in [0.15, 0.2) is 0 Å². The Morgan fingerprint density at radius 1 is 1.44 bits per heavy atom. The van der Waals surface area contributed by atoms with E-state index in [-0.39, 0.29) is 0 Å². The highest BCUT2D eigenvalue weighted by Gasteiger charge is 2.17. The summed E-state index contributed by atoms with van der Waals surface area (Å²) in [5.74, 6) is 1.08. The Balaban J connectivity index is 1.77. The Labute approximate surface area is 96.6 Å². The quantitative estimate of drug-likeness (QED) is 0.794. The summed E-state index contributed by atoms with van der Waals surface area (Å²) in [5, 5.41) is 8.04. The summed E-state index contributed by atoms with van der Waals surface area (Å²) in [4.78, 5) is 2.42. The second kappa shape index (κ2) is 5.41. The lowest BCUT2D eigenvalue weighted by atomic mass is 10.1. The van der Waals surface area contributed by atoms with E-state index in [1.54, 1.807) is 0 Å². The zero-order valence-electron chi connectivity index (χ0n) is 9.97. The van der Waals surface area contributed by atoms with Gasteiger partial charge in [0.05, 0.1) is 6.54 Å². The summed E-state index contributed by atoms with van der Waals surface area (Å²) in [6.07, 6.45) is 5.21. The summed E-state index contributed by atoms with van der Waals surface area (Å²) in [6, 6.07) is 0.352. The van der Waals surface area contributed by atoms with Gasteiger partial charge in [-0.05, 0) is 12.8 Å². The molecule has 16 heavy (non-hydrogen) atoms. The minimum atomic E-state index is 0.352. The fourth-order valence-corrected chi connectivity index (χ4v) is 2.17. The first kappa shape index (κ1) is 11.5. The summed E-state index contributed by atoms with van der Waals surface area (Å²) in [5.41, 5.74) is 6.02. The molecular weight excluding hydrogens is 202 g/mol. The van der Waals surface area contributed by atoms with E-state index in [0.29, 0.717) is 6.04 Å². The molecule has 0 radical (unpaired) electrons. The van der Waals surface area contributed by atoms with Gasteiger partial charge >= 0.3 is 0 Å². The SMILES string of the molecule is CCCC(N)CCN1CCn2cnnc2C1. The minimum Gasteiger partial charge on any atom is -0.328 e. The van der Waals surface area contributed by atoms with Crippen molar-refractivity contribution in [2.24, 2.45) is 5.73 Å². The molecule has 0 saturated carbocycles. The van der Waals surface area contributed by atoms with E-state index in [9.17, 15) is 0 Å². The van der Waals surface area contributed by atoms with E-state index in [0.717, 1.165) is 44.8 Å². The molecule has 0 spiro atoms. The maximum absolute atomic E-state index is 6.02. The topological polar surface area (TPSA) is 60.0 Å². The van der Waals surface area contributed by atoms with Gasteiger partial charge in [-0.15, -0.1) is 10.2 Å². The molecule has 1 aliphatic heterocycles. The first-order chi connectivity index (χ1) is 7.79. The Morgan fingerprint density at radius 2 is 2.31 bits per heavy atom. The molecule has 5 nitrogen and oxygen atoms in total. The third kappa shape index (κ3) is 2.80. The van der Waals surface area contributed by atoms with Gasteiger partial charge < -0.3 is 10.3 Å². The molecular formula is C11H21N5. The Hall–Kier alpha value is -0.940. The maximum atomic E-state index is 6.02. The summed E-state index contributed by atoms with van der Waals surface area (Å²) < 4.78 is 2.13. The first-order valence-electron chi connectivity index (χ1n) is 6.14. The van der Waals surface area contributed by atoms with Gasteiger partial charge in [0.25, 0.3) is 0 Å². The largest absolute Gasteiger partial charge is 0.328 e. The Kier molecular flexibility index (Phi) is 3.90. The number of fused-ring (bicyclic) bond motifs is 1. The standard InChI is InChI=1S/C11H21N5/c1-2-3-10(12)4-5-15-6-7-16-9-13-14-11(16)8-15/h9-10H,2-8,12H2,1H3. The summed E-state index contributed by atoms with van der Waals surface area (Å²) in [7, 11) is 0. The van der Waals surface area contributed by atoms with Crippen LogP contribution in [-0.2, 0) is 13.1 Å². The zero-order chi connectivity index (χ0) is 11.4. The molecule has 0 fully saturated rings. The number of rotatable bonds is 5. The van der Waals surface area contributed by atoms with Gasteiger partial charge in [0, 0.05) is 25.7 Å². The molecule has 2 N–H and O–H groups in total. The Morgan fingerprint density at radius 3 is 3.12 bits per heavy atom. The van der Waals surface area contributed by atoms with Crippen LogP contribution in [0.5, 0.6) is 0 Å². The van der Waals surface area contributed by atoms with Crippen LogP contribution in [0, 0.1) is 0 Å². The van der Waals surface area contributed by atoms with Crippen molar-refractivity contribution in [3.63, 3.8) is 0 Å². The van der Waals surface area contributed by atoms with Crippen LogP contribution in [0.25, 0.3) is 0 Å². The monoisotopic (exact) mass is 223 g/mol. The first-order valence-corrected chi connectivity index (χ1v) is 6.14. The number of nitrogens with two attached hydrogens (primary N) is 1. The van der Waals surface area contributed by atoms with Crippen molar-refractivity contribution >= 4 is 0 Å². The lowest BCUT2D eigenvalue weighted by Crippen LogP contribution is -2.36. The molecule has 1 unspecified atom stereocenters. The van der Waals surface area contributed by atoms with Crippen LogP contribution in [0.15, 0.2) is 6.33 Å². The Bertz CT molecular complexity index is 322. The van der Waals surface area contributed by atoms with Crippen molar-refractivity contribution in [3.05, 3.63) is 12.2 Å². The molecule has 0 amide bonds. The fourth-order valence-electron chi connectivity index (χ4n) is 2.17.